The molecule has 1 heterocycles. The van der Waals surface area contributed by atoms with Gasteiger partial charge in [-0.25, -0.2) is 4.98 Å². The number of hydrogen-bond donors (Lipinski definition) is 2. The third-order valence-electron chi connectivity index (χ3n) is 5.86. The Balaban J connectivity index is 1.61. The standard InChI is InChI=1S/C21H27N3O2/c1-15-11-16-7-8-21(12-15,13-16)19(26)14-24-18-6-3-2-5-17(18)23-20(24)22-9-4-10-25/h2-3,5-7,15,25H,4,8-14H2,1H3,(H,22,23). The van der Waals surface area contributed by atoms with Crippen LogP contribution in [0.4, 0.5) is 5.95 Å². The van der Waals surface area contributed by atoms with E-state index in [0.29, 0.717) is 31.2 Å². The van der Waals surface area contributed by atoms with Crippen molar-refractivity contribution in [2.24, 2.45) is 11.3 Å². The SMILES string of the molecule is CC1CC2=CCC(C(=O)Cn3c(NCCCO)nc4ccccc43)(C2)C1. The number of para-hydroxylation sites is 2. The van der Waals surface area contributed by atoms with E-state index in [1.54, 1.807) is 0 Å². The van der Waals surface area contributed by atoms with Crippen molar-refractivity contribution in [3.05, 3.63) is 35.9 Å². The number of ketones is 1. The van der Waals surface area contributed by atoms with Gasteiger partial charge in [0.25, 0.3) is 0 Å². The number of imidazole rings is 1. The number of Topliss-reactive ketones (excluding diaryl/α,β-unsaturated/α-hetero) is 1. The van der Waals surface area contributed by atoms with Crippen molar-refractivity contribution in [2.45, 2.75) is 45.6 Å². The lowest BCUT2D eigenvalue weighted by atomic mass is 9.69. The fraction of sp³-hybridized carbons (Fsp3) is 0.524. The second-order valence-corrected chi connectivity index (χ2v) is 7.97. The zero-order valence-corrected chi connectivity index (χ0v) is 15.4. The number of rotatable bonds is 7. The number of benzene rings is 1. The van der Waals surface area contributed by atoms with Crippen molar-refractivity contribution in [2.75, 3.05) is 18.5 Å². The second-order valence-electron chi connectivity index (χ2n) is 7.97. The highest BCUT2D eigenvalue weighted by Crippen LogP contribution is 2.50. The van der Waals surface area contributed by atoms with Crippen LogP contribution >= 0.6 is 0 Å². The first-order valence-corrected chi connectivity index (χ1v) is 9.62. The van der Waals surface area contributed by atoms with Crippen molar-refractivity contribution in [3.63, 3.8) is 0 Å². The van der Waals surface area contributed by atoms with Gasteiger partial charge in [-0.05, 0) is 50.2 Å². The molecule has 4 rings (SSSR count). The summed E-state index contributed by atoms with van der Waals surface area (Å²) in [5.41, 5.74) is 3.14. The maximum atomic E-state index is 13.4. The number of carbonyl (C=O) groups is 1. The largest absolute Gasteiger partial charge is 0.396 e. The number of nitrogens with zero attached hydrogens (tertiary/aromatic N) is 2. The summed E-state index contributed by atoms with van der Waals surface area (Å²) in [5, 5.41) is 12.3. The second kappa shape index (κ2) is 6.88. The van der Waals surface area contributed by atoms with E-state index in [1.165, 1.54) is 5.57 Å². The lowest BCUT2D eigenvalue weighted by Gasteiger charge is -2.35. The Bertz CT molecular complexity index is 854. The predicted octanol–water partition coefficient (Wildman–Crippen LogP) is 3.54. The zero-order valence-electron chi connectivity index (χ0n) is 15.4. The number of carbonyl (C=O) groups excluding carboxylic acids is 1. The van der Waals surface area contributed by atoms with Gasteiger partial charge in [-0.3, -0.25) is 4.79 Å². The van der Waals surface area contributed by atoms with Gasteiger partial charge in [0.05, 0.1) is 17.6 Å². The van der Waals surface area contributed by atoms with E-state index in [9.17, 15) is 4.79 Å². The third kappa shape index (κ3) is 3.05. The highest BCUT2D eigenvalue weighted by atomic mass is 16.3. The molecule has 2 aromatic rings. The van der Waals surface area contributed by atoms with E-state index in [-0.39, 0.29) is 12.0 Å². The van der Waals surface area contributed by atoms with E-state index in [1.807, 2.05) is 28.8 Å². The van der Waals surface area contributed by atoms with Crippen molar-refractivity contribution < 1.29 is 9.90 Å². The minimum atomic E-state index is -0.208. The average Bonchev–Trinajstić information content (AvgIpc) is 3.13. The van der Waals surface area contributed by atoms with Crippen LogP contribution in [0.2, 0.25) is 0 Å². The van der Waals surface area contributed by atoms with E-state index in [0.717, 1.165) is 42.7 Å². The minimum Gasteiger partial charge on any atom is -0.396 e. The first kappa shape index (κ1) is 17.3. The fourth-order valence-corrected chi connectivity index (χ4v) is 4.70. The summed E-state index contributed by atoms with van der Waals surface area (Å²) in [6.45, 7) is 3.40. The van der Waals surface area contributed by atoms with Crippen molar-refractivity contribution in [3.8, 4) is 0 Å². The molecule has 1 saturated carbocycles. The zero-order chi connectivity index (χ0) is 18.1. The average molecular weight is 353 g/mol. The van der Waals surface area contributed by atoms with Crippen LogP contribution in [0, 0.1) is 11.3 Å². The maximum absolute atomic E-state index is 13.4. The smallest absolute Gasteiger partial charge is 0.204 e. The summed E-state index contributed by atoms with van der Waals surface area (Å²) in [7, 11) is 0. The molecular weight excluding hydrogens is 326 g/mol. The molecule has 2 aliphatic rings. The van der Waals surface area contributed by atoms with Crippen LogP contribution in [0.15, 0.2) is 35.9 Å². The Kier molecular flexibility index (Phi) is 4.57. The molecule has 5 nitrogen and oxygen atoms in total. The molecule has 1 aromatic carbocycles. The van der Waals surface area contributed by atoms with Gasteiger partial charge < -0.3 is 15.0 Å². The Morgan fingerprint density at radius 1 is 1.42 bits per heavy atom. The van der Waals surface area contributed by atoms with Crippen LogP contribution in [0.1, 0.15) is 39.0 Å². The number of allylic oxidation sites excluding steroid dienone is 2. The number of aromatic nitrogens is 2. The first-order valence-electron chi connectivity index (χ1n) is 9.62. The van der Waals surface area contributed by atoms with E-state index >= 15 is 0 Å². The van der Waals surface area contributed by atoms with Crippen molar-refractivity contribution >= 4 is 22.8 Å². The Morgan fingerprint density at radius 2 is 2.27 bits per heavy atom. The Labute approximate surface area is 154 Å². The summed E-state index contributed by atoms with van der Waals surface area (Å²) in [5.74, 6) is 1.63. The molecule has 2 aliphatic carbocycles. The topological polar surface area (TPSA) is 67.2 Å². The molecule has 138 valence electrons. The highest BCUT2D eigenvalue weighted by molar-refractivity contribution is 5.89. The Hall–Kier alpha value is -2.14. The number of aliphatic hydroxyl groups excluding tert-OH is 1. The van der Waals surface area contributed by atoms with Gasteiger partial charge in [-0.2, -0.15) is 0 Å². The summed E-state index contributed by atoms with van der Waals surface area (Å²) < 4.78 is 2.01. The van der Waals surface area contributed by atoms with E-state index in [2.05, 4.69) is 23.3 Å². The first-order chi connectivity index (χ1) is 12.6. The monoisotopic (exact) mass is 353 g/mol. The number of hydrogen-bond acceptors (Lipinski definition) is 4. The van der Waals surface area contributed by atoms with Crippen LogP contribution in [0.25, 0.3) is 11.0 Å². The van der Waals surface area contributed by atoms with Crippen molar-refractivity contribution in [1.82, 2.24) is 9.55 Å². The molecule has 2 N–H and O–H groups in total. The molecule has 0 amide bonds. The molecule has 2 bridgehead atoms. The van der Waals surface area contributed by atoms with Gasteiger partial charge in [0.15, 0.2) is 5.78 Å². The normalized spacial score (nSPS) is 24.7. The van der Waals surface area contributed by atoms with Gasteiger partial charge in [0.1, 0.15) is 0 Å². The molecule has 0 radical (unpaired) electrons. The summed E-state index contributed by atoms with van der Waals surface area (Å²) in [6.07, 6.45) is 6.93. The summed E-state index contributed by atoms with van der Waals surface area (Å²) in [6, 6.07) is 7.95. The molecule has 2 atom stereocenters. The van der Waals surface area contributed by atoms with Gasteiger partial charge >= 0.3 is 0 Å². The predicted molar refractivity (Wildman–Crippen MR) is 103 cm³/mol. The number of fused-ring (bicyclic) bond motifs is 3. The third-order valence-corrected chi connectivity index (χ3v) is 5.86. The molecule has 0 spiro atoms. The lowest BCUT2D eigenvalue weighted by Crippen LogP contribution is -2.36. The van der Waals surface area contributed by atoms with E-state index in [4.69, 9.17) is 5.11 Å². The number of anilines is 1. The fourth-order valence-electron chi connectivity index (χ4n) is 4.70. The molecule has 0 aliphatic heterocycles. The highest BCUT2D eigenvalue weighted by Gasteiger charge is 2.45. The number of nitrogens with one attached hydrogen (secondary N) is 1. The molecule has 1 fully saturated rings. The van der Waals surface area contributed by atoms with Gasteiger partial charge in [-0.15, -0.1) is 0 Å². The Morgan fingerprint density at radius 3 is 3.12 bits per heavy atom. The molecule has 2 unspecified atom stereocenters. The lowest BCUT2D eigenvalue weighted by molar-refractivity contribution is -0.130. The van der Waals surface area contributed by atoms with Crippen molar-refractivity contribution in [1.29, 1.82) is 0 Å². The number of aliphatic hydroxyl groups is 1. The molecular formula is C21H27N3O2. The van der Waals surface area contributed by atoms with Crippen LogP contribution in [0.3, 0.4) is 0 Å². The van der Waals surface area contributed by atoms with Crippen LogP contribution in [0.5, 0.6) is 0 Å². The molecule has 0 saturated heterocycles. The molecule has 1 aromatic heterocycles. The van der Waals surface area contributed by atoms with Gasteiger partial charge in [0.2, 0.25) is 5.95 Å². The molecule has 26 heavy (non-hydrogen) atoms. The van der Waals surface area contributed by atoms with E-state index < -0.39 is 0 Å². The van der Waals surface area contributed by atoms with Gasteiger partial charge in [-0.1, -0.05) is 30.7 Å². The minimum absolute atomic E-state index is 0.140. The van der Waals surface area contributed by atoms with Crippen LogP contribution in [-0.2, 0) is 11.3 Å². The maximum Gasteiger partial charge on any atom is 0.204 e. The quantitative estimate of drug-likeness (QED) is 0.590. The molecule has 5 heteroatoms. The van der Waals surface area contributed by atoms with Crippen LogP contribution in [-0.4, -0.2) is 33.6 Å². The summed E-state index contributed by atoms with van der Waals surface area (Å²) in [4.78, 5) is 18.0. The summed E-state index contributed by atoms with van der Waals surface area (Å²) >= 11 is 0. The van der Waals surface area contributed by atoms with Crippen LogP contribution < -0.4 is 5.32 Å². The van der Waals surface area contributed by atoms with Gasteiger partial charge in [0, 0.05) is 18.6 Å².